The molecule has 244 valence electrons. The molecule has 3 aromatic rings. The summed E-state index contributed by atoms with van der Waals surface area (Å²) in [5, 5.41) is 20.0. The molecule has 0 spiro atoms. The van der Waals surface area contributed by atoms with Crippen molar-refractivity contribution in [2.45, 2.75) is 32.7 Å². The summed E-state index contributed by atoms with van der Waals surface area (Å²) in [5.41, 5.74) is 5.60. The van der Waals surface area contributed by atoms with E-state index in [4.69, 9.17) is 23.7 Å². The van der Waals surface area contributed by atoms with Gasteiger partial charge < -0.3 is 39.4 Å². The van der Waals surface area contributed by atoms with Crippen LogP contribution in [-0.4, -0.2) is 57.0 Å². The highest BCUT2D eigenvalue weighted by Gasteiger charge is 2.32. The van der Waals surface area contributed by atoms with Crippen LogP contribution < -0.4 is 35.0 Å². The van der Waals surface area contributed by atoms with Crippen LogP contribution in [0.15, 0.2) is 75.4 Å². The van der Waals surface area contributed by atoms with Crippen LogP contribution in [0.4, 0.5) is 4.79 Å². The number of ether oxygens (including phenoxy) is 5. The first-order valence-corrected chi connectivity index (χ1v) is 16.0. The average molecular weight is 809 g/mol. The molecule has 0 unspecified atom stereocenters. The molecule has 4 N–H and O–H groups in total. The standard InChI is InChI=1S/C32H34BrIN4O8/c1-5-44-25-14-21(29-28(31(40)43-4)18(2)36-32(41)37-29)8-11-24(25)45-17-27(39)38-35-15-20-12-23(33)30(26(13-20)42-3)46-16-19-6-9-22(34)10-7-19/h6-15,27,29,38-39H,5,16-17H2,1-4H3,(H2,36,37,41)/b35-15-/t27-,29+/m0/s1. The van der Waals surface area contributed by atoms with Gasteiger partial charge in [-0.2, -0.15) is 5.10 Å². The predicted molar refractivity (Wildman–Crippen MR) is 183 cm³/mol. The van der Waals surface area contributed by atoms with Crippen molar-refractivity contribution in [2.75, 3.05) is 27.4 Å². The Morgan fingerprint density at radius 1 is 1.09 bits per heavy atom. The number of hydrogen-bond acceptors (Lipinski definition) is 10. The fourth-order valence-electron chi connectivity index (χ4n) is 4.51. The first-order chi connectivity index (χ1) is 22.1. The van der Waals surface area contributed by atoms with Gasteiger partial charge in [0, 0.05) is 9.27 Å². The lowest BCUT2D eigenvalue weighted by atomic mass is 9.95. The number of nitrogens with one attached hydrogen (secondary N) is 3. The summed E-state index contributed by atoms with van der Waals surface area (Å²) in [4.78, 5) is 24.6. The molecule has 0 saturated carbocycles. The number of nitrogens with zero attached hydrogens (tertiary/aromatic N) is 1. The maximum absolute atomic E-state index is 12.5. The first-order valence-electron chi connectivity index (χ1n) is 14.1. The maximum atomic E-state index is 12.5. The van der Waals surface area contributed by atoms with Gasteiger partial charge in [0.05, 0.1) is 43.1 Å². The highest BCUT2D eigenvalue weighted by atomic mass is 127. The molecule has 3 aromatic carbocycles. The van der Waals surface area contributed by atoms with E-state index in [-0.39, 0.29) is 12.2 Å². The lowest BCUT2D eigenvalue weighted by Crippen LogP contribution is -2.45. The third-order valence-electron chi connectivity index (χ3n) is 6.66. The number of allylic oxidation sites excluding steroid dienone is 1. The normalized spacial score (nSPS) is 15.1. The molecule has 1 aliphatic heterocycles. The number of hydrazone groups is 1. The molecule has 0 aromatic heterocycles. The molecule has 0 saturated heterocycles. The van der Waals surface area contributed by atoms with Crippen molar-refractivity contribution in [1.29, 1.82) is 0 Å². The monoisotopic (exact) mass is 808 g/mol. The quantitative estimate of drug-likeness (QED) is 0.0570. The van der Waals surface area contributed by atoms with Gasteiger partial charge in [-0.05, 0) is 105 Å². The van der Waals surface area contributed by atoms with Gasteiger partial charge >= 0.3 is 12.0 Å². The number of carbonyl (C=O) groups excluding carboxylic acids is 2. The van der Waals surface area contributed by atoms with E-state index in [9.17, 15) is 14.7 Å². The number of hydrogen-bond donors (Lipinski definition) is 4. The van der Waals surface area contributed by atoms with Gasteiger partial charge in [-0.15, -0.1) is 0 Å². The van der Waals surface area contributed by atoms with Crippen LogP contribution in [0.25, 0.3) is 0 Å². The Labute approximate surface area is 288 Å². The minimum Gasteiger partial charge on any atom is -0.493 e. The molecule has 14 heteroatoms. The molecule has 2 atom stereocenters. The molecule has 0 radical (unpaired) electrons. The molecule has 4 rings (SSSR count). The van der Waals surface area contributed by atoms with Crippen molar-refractivity contribution < 1.29 is 38.4 Å². The SMILES string of the molecule is CCOc1cc([C@H]2NC(=O)NC(C)=C2C(=O)OC)ccc1OC[C@H](O)N/N=C\c1cc(Br)c(OCc2ccc(I)cc2)c(OC)c1. The highest BCUT2D eigenvalue weighted by Crippen LogP contribution is 2.37. The van der Waals surface area contributed by atoms with Gasteiger partial charge in [-0.25, -0.2) is 9.59 Å². The van der Waals surface area contributed by atoms with Gasteiger partial charge in [-0.1, -0.05) is 18.2 Å². The number of halogens is 2. The minimum absolute atomic E-state index is 0.161. The summed E-state index contributed by atoms with van der Waals surface area (Å²) in [6.45, 7) is 3.98. The van der Waals surface area contributed by atoms with E-state index in [0.717, 1.165) is 9.13 Å². The number of carbonyl (C=O) groups is 2. The van der Waals surface area contributed by atoms with Gasteiger partial charge in [0.1, 0.15) is 13.2 Å². The van der Waals surface area contributed by atoms with Gasteiger partial charge in [0.25, 0.3) is 0 Å². The fraction of sp³-hybridized carbons (Fsp3) is 0.281. The van der Waals surface area contributed by atoms with E-state index in [1.807, 2.05) is 37.3 Å². The number of amides is 2. The number of urea groups is 1. The summed E-state index contributed by atoms with van der Waals surface area (Å²) in [7, 11) is 2.83. The number of aliphatic hydroxyl groups is 1. The molecule has 0 aliphatic carbocycles. The second-order valence-corrected chi connectivity index (χ2v) is 12.0. The highest BCUT2D eigenvalue weighted by molar-refractivity contribution is 14.1. The van der Waals surface area contributed by atoms with E-state index >= 15 is 0 Å². The van der Waals surface area contributed by atoms with Crippen LogP contribution >= 0.6 is 38.5 Å². The van der Waals surface area contributed by atoms with Crippen molar-refractivity contribution in [1.82, 2.24) is 16.1 Å². The molecular weight excluding hydrogens is 775 g/mol. The molecule has 46 heavy (non-hydrogen) atoms. The largest absolute Gasteiger partial charge is 0.493 e. The number of methoxy groups -OCH3 is 2. The Morgan fingerprint density at radius 3 is 2.54 bits per heavy atom. The number of benzene rings is 3. The first kappa shape index (κ1) is 34.8. The van der Waals surface area contributed by atoms with Crippen LogP contribution in [0.2, 0.25) is 0 Å². The zero-order chi connectivity index (χ0) is 33.2. The van der Waals surface area contributed by atoms with Crippen molar-refractivity contribution in [3.8, 4) is 23.0 Å². The average Bonchev–Trinajstić information content (AvgIpc) is 3.03. The Balaban J connectivity index is 1.38. The van der Waals surface area contributed by atoms with Crippen LogP contribution in [0.5, 0.6) is 23.0 Å². The van der Waals surface area contributed by atoms with Crippen molar-refractivity contribution >= 4 is 56.7 Å². The Morgan fingerprint density at radius 2 is 1.85 bits per heavy atom. The van der Waals surface area contributed by atoms with E-state index in [2.05, 4.69) is 59.7 Å². The number of rotatable bonds is 14. The topological polar surface area (TPSA) is 149 Å². The molecule has 1 aliphatic rings. The van der Waals surface area contributed by atoms with Crippen molar-refractivity contribution in [3.63, 3.8) is 0 Å². The number of esters is 1. The molecule has 1 heterocycles. The molecule has 0 bridgehead atoms. The molecule has 12 nitrogen and oxygen atoms in total. The molecule has 2 amide bonds. The Kier molecular flexibility index (Phi) is 12.5. The molecular formula is C32H34BrIN4O8. The van der Waals surface area contributed by atoms with Crippen LogP contribution in [0.3, 0.4) is 0 Å². The van der Waals surface area contributed by atoms with Crippen LogP contribution in [-0.2, 0) is 16.1 Å². The maximum Gasteiger partial charge on any atom is 0.337 e. The van der Waals surface area contributed by atoms with E-state index in [0.29, 0.717) is 57.5 Å². The zero-order valence-electron chi connectivity index (χ0n) is 25.6. The summed E-state index contributed by atoms with van der Waals surface area (Å²) < 4.78 is 29.9. The van der Waals surface area contributed by atoms with Gasteiger partial charge in [0.2, 0.25) is 0 Å². The van der Waals surface area contributed by atoms with Gasteiger partial charge in [0.15, 0.2) is 29.2 Å². The Hall–Kier alpha value is -4.02. The second kappa shape index (κ2) is 16.5. The van der Waals surface area contributed by atoms with Crippen LogP contribution in [0, 0.1) is 3.57 Å². The van der Waals surface area contributed by atoms with Crippen molar-refractivity contribution in [3.05, 3.63) is 90.6 Å². The van der Waals surface area contributed by atoms with E-state index in [1.165, 1.54) is 13.3 Å². The Bertz CT molecular complexity index is 1620. The van der Waals surface area contributed by atoms with E-state index < -0.39 is 24.3 Å². The third kappa shape index (κ3) is 9.04. The summed E-state index contributed by atoms with van der Waals surface area (Å²) in [6, 6.07) is 15.4. The fourth-order valence-corrected chi connectivity index (χ4v) is 5.44. The zero-order valence-corrected chi connectivity index (χ0v) is 29.3. The van der Waals surface area contributed by atoms with Crippen molar-refractivity contribution in [2.24, 2.45) is 5.10 Å². The lowest BCUT2D eigenvalue weighted by Gasteiger charge is -2.28. The summed E-state index contributed by atoms with van der Waals surface area (Å²) in [6.07, 6.45) is 0.370. The summed E-state index contributed by atoms with van der Waals surface area (Å²) >= 11 is 5.80. The second-order valence-electron chi connectivity index (χ2n) is 9.86. The van der Waals surface area contributed by atoms with Gasteiger partial charge in [-0.3, -0.25) is 5.43 Å². The van der Waals surface area contributed by atoms with Crippen LogP contribution in [0.1, 0.15) is 36.6 Å². The molecule has 0 fully saturated rings. The van der Waals surface area contributed by atoms with E-state index in [1.54, 1.807) is 38.3 Å². The third-order valence-corrected chi connectivity index (χ3v) is 7.97. The number of aliphatic hydroxyl groups excluding tert-OH is 1. The summed E-state index contributed by atoms with van der Waals surface area (Å²) in [5.74, 6) is 1.23. The predicted octanol–water partition coefficient (Wildman–Crippen LogP) is 5.16. The smallest absolute Gasteiger partial charge is 0.337 e. The minimum atomic E-state index is -1.16. The lowest BCUT2D eigenvalue weighted by molar-refractivity contribution is -0.136.